The Morgan fingerprint density at radius 2 is 2.33 bits per heavy atom. The molecule has 0 spiro atoms. The molecule has 2 aromatic rings. The van der Waals surface area contributed by atoms with Gasteiger partial charge in [-0.3, -0.25) is 4.68 Å². The normalized spacial score (nSPS) is 18.0. The van der Waals surface area contributed by atoms with Crippen LogP contribution < -0.4 is 5.32 Å². The van der Waals surface area contributed by atoms with Crippen LogP contribution in [0.3, 0.4) is 0 Å². The van der Waals surface area contributed by atoms with E-state index in [4.69, 9.17) is 0 Å². The van der Waals surface area contributed by atoms with Crippen LogP contribution in [0.15, 0.2) is 30.5 Å². The number of aryl methyl sites for hydroxylation is 1. The van der Waals surface area contributed by atoms with Gasteiger partial charge in [0.05, 0.1) is 5.69 Å². The van der Waals surface area contributed by atoms with E-state index in [0.29, 0.717) is 0 Å². The third kappa shape index (κ3) is 2.04. The number of hydrogen-bond acceptors (Lipinski definition) is 2. The maximum absolute atomic E-state index is 13.6. The molecular weight excluding hydrogens is 229 g/mol. The fourth-order valence-corrected chi connectivity index (χ4v) is 2.61. The van der Waals surface area contributed by atoms with Crippen LogP contribution in [0.25, 0.3) is 0 Å². The highest BCUT2D eigenvalue weighted by Gasteiger charge is 2.24. The van der Waals surface area contributed by atoms with E-state index in [9.17, 15) is 4.39 Å². The minimum absolute atomic E-state index is 0.0744. The number of halogens is 1. The largest absolute Gasteiger partial charge is 0.304 e. The van der Waals surface area contributed by atoms with Gasteiger partial charge < -0.3 is 5.32 Å². The second kappa shape index (κ2) is 4.53. The molecule has 1 aromatic carbocycles. The molecule has 94 valence electrons. The van der Waals surface area contributed by atoms with Crippen molar-refractivity contribution >= 4 is 0 Å². The zero-order valence-corrected chi connectivity index (χ0v) is 10.4. The predicted octanol–water partition coefficient (Wildman–Crippen LogP) is 2.34. The Bertz CT molecular complexity index is 562. The van der Waals surface area contributed by atoms with Gasteiger partial charge in [0.2, 0.25) is 0 Å². The number of hydrogen-bond donors (Lipinski definition) is 1. The average Bonchev–Trinajstić information content (AvgIpc) is 2.94. The van der Waals surface area contributed by atoms with Crippen molar-refractivity contribution in [3.8, 4) is 0 Å². The third-order valence-electron chi connectivity index (χ3n) is 3.51. The molecule has 0 aliphatic heterocycles. The zero-order chi connectivity index (χ0) is 12.5. The smallest absolute Gasteiger partial charge is 0.126 e. The zero-order valence-electron chi connectivity index (χ0n) is 10.4. The van der Waals surface area contributed by atoms with E-state index in [1.165, 1.54) is 0 Å². The van der Waals surface area contributed by atoms with E-state index >= 15 is 0 Å². The standard InChI is InChI=1S/C14H16FN3/c1-18-8-7-10(17-18)9-16-14-6-5-11-12(14)3-2-4-13(11)15/h2-4,7-8,14,16H,5-6,9H2,1H3. The number of aromatic nitrogens is 2. The van der Waals surface area contributed by atoms with Gasteiger partial charge in [-0.15, -0.1) is 0 Å². The van der Waals surface area contributed by atoms with Gasteiger partial charge in [-0.25, -0.2) is 4.39 Å². The molecular formula is C14H16FN3. The van der Waals surface area contributed by atoms with Gasteiger partial charge in [0.25, 0.3) is 0 Å². The summed E-state index contributed by atoms with van der Waals surface area (Å²) in [6, 6.07) is 7.59. The maximum atomic E-state index is 13.6. The lowest BCUT2D eigenvalue weighted by Crippen LogP contribution is -2.19. The first kappa shape index (κ1) is 11.4. The van der Waals surface area contributed by atoms with Crippen molar-refractivity contribution in [1.82, 2.24) is 15.1 Å². The molecule has 0 saturated heterocycles. The molecule has 18 heavy (non-hydrogen) atoms. The van der Waals surface area contributed by atoms with Gasteiger partial charge in [-0.1, -0.05) is 12.1 Å². The molecule has 1 aromatic heterocycles. The minimum atomic E-state index is -0.0744. The van der Waals surface area contributed by atoms with Gasteiger partial charge in [-0.05, 0) is 36.1 Å². The molecule has 3 nitrogen and oxygen atoms in total. The van der Waals surface area contributed by atoms with Crippen LogP contribution in [-0.2, 0) is 20.0 Å². The summed E-state index contributed by atoms with van der Waals surface area (Å²) in [5.41, 5.74) is 2.99. The summed E-state index contributed by atoms with van der Waals surface area (Å²) in [4.78, 5) is 0. The molecule has 1 aliphatic rings. The van der Waals surface area contributed by atoms with Crippen LogP contribution in [0.4, 0.5) is 4.39 Å². The van der Waals surface area contributed by atoms with Crippen molar-refractivity contribution in [3.05, 3.63) is 53.1 Å². The van der Waals surface area contributed by atoms with E-state index < -0.39 is 0 Å². The number of nitrogens with zero attached hydrogens (tertiary/aromatic N) is 2. The van der Waals surface area contributed by atoms with Crippen molar-refractivity contribution in [2.24, 2.45) is 7.05 Å². The monoisotopic (exact) mass is 245 g/mol. The lowest BCUT2D eigenvalue weighted by atomic mass is 10.1. The highest BCUT2D eigenvalue weighted by molar-refractivity contribution is 5.35. The summed E-state index contributed by atoms with van der Waals surface area (Å²) in [5, 5.41) is 7.78. The molecule has 1 N–H and O–H groups in total. The van der Waals surface area contributed by atoms with E-state index in [2.05, 4.69) is 10.4 Å². The van der Waals surface area contributed by atoms with Gasteiger partial charge in [0, 0.05) is 25.8 Å². The predicted molar refractivity (Wildman–Crippen MR) is 67.5 cm³/mol. The number of rotatable bonds is 3. The Balaban J connectivity index is 1.71. The van der Waals surface area contributed by atoms with Crippen molar-refractivity contribution in [2.75, 3.05) is 0 Å². The third-order valence-corrected chi connectivity index (χ3v) is 3.51. The summed E-state index contributed by atoms with van der Waals surface area (Å²) in [7, 11) is 1.91. The highest BCUT2D eigenvalue weighted by atomic mass is 19.1. The fraction of sp³-hybridized carbons (Fsp3) is 0.357. The van der Waals surface area contributed by atoms with Crippen molar-refractivity contribution in [3.63, 3.8) is 0 Å². The quantitative estimate of drug-likeness (QED) is 0.899. The van der Waals surface area contributed by atoms with E-state index in [0.717, 1.165) is 36.2 Å². The highest BCUT2D eigenvalue weighted by Crippen LogP contribution is 2.32. The van der Waals surface area contributed by atoms with Gasteiger partial charge in [0.1, 0.15) is 5.82 Å². The Morgan fingerprint density at radius 3 is 3.11 bits per heavy atom. The SMILES string of the molecule is Cn1ccc(CNC2CCc3c(F)cccc32)n1. The minimum Gasteiger partial charge on any atom is -0.304 e. The first-order chi connectivity index (χ1) is 8.74. The molecule has 1 heterocycles. The van der Waals surface area contributed by atoms with E-state index in [1.54, 1.807) is 16.8 Å². The second-order valence-electron chi connectivity index (χ2n) is 4.76. The number of benzene rings is 1. The van der Waals surface area contributed by atoms with Gasteiger partial charge in [0.15, 0.2) is 0 Å². The summed E-state index contributed by atoms with van der Waals surface area (Å²) in [6.07, 6.45) is 3.71. The molecule has 4 heteroatoms. The fourth-order valence-electron chi connectivity index (χ4n) is 2.61. The number of nitrogens with one attached hydrogen (secondary N) is 1. The molecule has 3 rings (SSSR count). The van der Waals surface area contributed by atoms with Crippen LogP contribution in [-0.4, -0.2) is 9.78 Å². The van der Waals surface area contributed by atoms with Gasteiger partial charge in [-0.2, -0.15) is 5.10 Å². The first-order valence-electron chi connectivity index (χ1n) is 6.23. The summed E-state index contributed by atoms with van der Waals surface area (Å²) in [6.45, 7) is 0.724. The molecule has 1 atom stereocenters. The summed E-state index contributed by atoms with van der Waals surface area (Å²) < 4.78 is 15.4. The number of fused-ring (bicyclic) bond motifs is 1. The van der Waals surface area contributed by atoms with Crippen LogP contribution in [0.2, 0.25) is 0 Å². The Kier molecular flexibility index (Phi) is 2.88. The molecule has 0 fully saturated rings. The Hall–Kier alpha value is -1.68. The second-order valence-corrected chi connectivity index (χ2v) is 4.76. The van der Waals surface area contributed by atoms with Crippen LogP contribution in [0, 0.1) is 5.82 Å². The molecule has 0 saturated carbocycles. The molecule has 1 unspecified atom stereocenters. The lowest BCUT2D eigenvalue weighted by molar-refractivity contribution is 0.521. The first-order valence-corrected chi connectivity index (χ1v) is 6.23. The lowest BCUT2D eigenvalue weighted by Gasteiger charge is -2.13. The van der Waals surface area contributed by atoms with Gasteiger partial charge >= 0.3 is 0 Å². The molecule has 0 radical (unpaired) electrons. The maximum Gasteiger partial charge on any atom is 0.126 e. The van der Waals surface area contributed by atoms with Crippen molar-refractivity contribution in [2.45, 2.75) is 25.4 Å². The molecule has 0 amide bonds. The Morgan fingerprint density at radius 1 is 1.44 bits per heavy atom. The summed E-state index contributed by atoms with van der Waals surface area (Å²) >= 11 is 0. The Labute approximate surface area is 106 Å². The molecule has 0 bridgehead atoms. The summed E-state index contributed by atoms with van der Waals surface area (Å²) in [5.74, 6) is -0.0744. The van der Waals surface area contributed by atoms with E-state index in [-0.39, 0.29) is 11.9 Å². The van der Waals surface area contributed by atoms with Crippen molar-refractivity contribution in [1.29, 1.82) is 0 Å². The topological polar surface area (TPSA) is 29.9 Å². The molecule has 1 aliphatic carbocycles. The van der Waals surface area contributed by atoms with Crippen LogP contribution in [0.1, 0.15) is 29.3 Å². The van der Waals surface area contributed by atoms with Crippen LogP contribution >= 0.6 is 0 Å². The van der Waals surface area contributed by atoms with Crippen molar-refractivity contribution < 1.29 is 4.39 Å². The average molecular weight is 245 g/mol. The van der Waals surface area contributed by atoms with Crippen LogP contribution in [0.5, 0.6) is 0 Å². The van der Waals surface area contributed by atoms with E-state index in [1.807, 2.05) is 25.4 Å².